The summed E-state index contributed by atoms with van der Waals surface area (Å²) in [5, 5.41) is 10.2. The van der Waals surface area contributed by atoms with Crippen LogP contribution in [0.25, 0.3) is 0 Å². The molecule has 0 aliphatic carbocycles. The van der Waals surface area contributed by atoms with Crippen LogP contribution in [-0.2, 0) is 18.4 Å². The molecule has 0 fully saturated rings. The van der Waals surface area contributed by atoms with Gasteiger partial charge in [0.2, 0.25) is 5.91 Å². The Kier molecular flexibility index (Phi) is 5.15. The standard InChI is InChI=1S/C12H22N4O/c1-9(2)7-14-12(17)10(3)13-8-11-5-6-15-16(11)4/h5-6,9-10,13H,7-8H2,1-4H3,(H,14,17). The van der Waals surface area contributed by atoms with E-state index < -0.39 is 0 Å². The highest BCUT2D eigenvalue weighted by molar-refractivity contribution is 5.81. The summed E-state index contributed by atoms with van der Waals surface area (Å²) >= 11 is 0. The Hall–Kier alpha value is -1.36. The number of hydrogen-bond donors (Lipinski definition) is 2. The van der Waals surface area contributed by atoms with Gasteiger partial charge in [0, 0.05) is 26.3 Å². The average Bonchev–Trinajstić information content (AvgIpc) is 2.68. The Morgan fingerprint density at radius 1 is 1.47 bits per heavy atom. The molecule has 96 valence electrons. The van der Waals surface area contributed by atoms with Gasteiger partial charge < -0.3 is 10.6 Å². The number of nitrogens with one attached hydrogen (secondary N) is 2. The number of carbonyl (C=O) groups excluding carboxylic acids is 1. The molecular weight excluding hydrogens is 216 g/mol. The zero-order chi connectivity index (χ0) is 12.8. The smallest absolute Gasteiger partial charge is 0.236 e. The monoisotopic (exact) mass is 238 g/mol. The molecule has 1 aromatic rings. The molecule has 1 heterocycles. The van der Waals surface area contributed by atoms with Gasteiger partial charge in [-0.3, -0.25) is 9.48 Å². The van der Waals surface area contributed by atoms with Crippen molar-refractivity contribution in [1.82, 2.24) is 20.4 Å². The largest absolute Gasteiger partial charge is 0.354 e. The van der Waals surface area contributed by atoms with Crippen LogP contribution in [0.15, 0.2) is 12.3 Å². The van der Waals surface area contributed by atoms with E-state index in [0.29, 0.717) is 12.5 Å². The second-order valence-electron chi connectivity index (χ2n) is 4.69. The molecule has 0 saturated heterocycles. The number of nitrogens with zero attached hydrogens (tertiary/aromatic N) is 2. The first-order chi connectivity index (χ1) is 8.00. The van der Waals surface area contributed by atoms with Crippen molar-refractivity contribution in [3.63, 3.8) is 0 Å². The Morgan fingerprint density at radius 3 is 2.71 bits per heavy atom. The van der Waals surface area contributed by atoms with Gasteiger partial charge in [0.25, 0.3) is 0 Å². The molecule has 0 radical (unpaired) electrons. The summed E-state index contributed by atoms with van der Waals surface area (Å²) in [6, 6.07) is 1.75. The highest BCUT2D eigenvalue weighted by atomic mass is 16.2. The number of aryl methyl sites for hydroxylation is 1. The van der Waals surface area contributed by atoms with Crippen LogP contribution in [-0.4, -0.2) is 28.3 Å². The summed E-state index contributed by atoms with van der Waals surface area (Å²) in [6.07, 6.45) is 1.75. The van der Waals surface area contributed by atoms with Crippen LogP contribution in [0.2, 0.25) is 0 Å². The van der Waals surface area contributed by atoms with Gasteiger partial charge in [-0.05, 0) is 18.9 Å². The maximum absolute atomic E-state index is 11.7. The van der Waals surface area contributed by atoms with E-state index in [1.165, 1.54) is 0 Å². The maximum Gasteiger partial charge on any atom is 0.236 e. The summed E-state index contributed by atoms with van der Waals surface area (Å²) in [5.74, 6) is 0.518. The van der Waals surface area contributed by atoms with Gasteiger partial charge in [0.1, 0.15) is 0 Å². The van der Waals surface area contributed by atoms with E-state index in [0.717, 1.165) is 12.2 Å². The molecule has 5 heteroatoms. The molecule has 0 aliphatic rings. The fourth-order valence-corrected chi connectivity index (χ4v) is 1.38. The lowest BCUT2D eigenvalue weighted by molar-refractivity contribution is -0.122. The number of rotatable bonds is 6. The molecule has 1 unspecified atom stereocenters. The van der Waals surface area contributed by atoms with Crippen LogP contribution < -0.4 is 10.6 Å². The zero-order valence-electron chi connectivity index (χ0n) is 11.0. The SMILES string of the molecule is CC(C)CNC(=O)C(C)NCc1ccnn1C. The van der Waals surface area contributed by atoms with Gasteiger partial charge in [-0.25, -0.2) is 0 Å². The normalized spacial score (nSPS) is 12.8. The Balaban J connectivity index is 2.31. The third-order valence-corrected chi connectivity index (χ3v) is 2.59. The predicted molar refractivity (Wildman–Crippen MR) is 67.4 cm³/mol. The van der Waals surface area contributed by atoms with Crippen molar-refractivity contribution < 1.29 is 4.79 Å². The van der Waals surface area contributed by atoms with Crippen molar-refractivity contribution in [2.24, 2.45) is 13.0 Å². The van der Waals surface area contributed by atoms with E-state index >= 15 is 0 Å². The van der Waals surface area contributed by atoms with Gasteiger partial charge in [0.05, 0.1) is 11.7 Å². The van der Waals surface area contributed by atoms with E-state index in [2.05, 4.69) is 29.6 Å². The summed E-state index contributed by atoms with van der Waals surface area (Å²) < 4.78 is 1.80. The van der Waals surface area contributed by atoms with Crippen molar-refractivity contribution in [1.29, 1.82) is 0 Å². The molecule has 17 heavy (non-hydrogen) atoms. The molecule has 0 bridgehead atoms. The van der Waals surface area contributed by atoms with Crippen molar-refractivity contribution in [3.05, 3.63) is 18.0 Å². The van der Waals surface area contributed by atoms with Crippen LogP contribution in [0.5, 0.6) is 0 Å². The number of aromatic nitrogens is 2. The van der Waals surface area contributed by atoms with Crippen LogP contribution in [0.3, 0.4) is 0 Å². The first-order valence-corrected chi connectivity index (χ1v) is 5.98. The Labute approximate surface area is 103 Å². The molecule has 2 N–H and O–H groups in total. The minimum Gasteiger partial charge on any atom is -0.354 e. The quantitative estimate of drug-likeness (QED) is 0.766. The summed E-state index contributed by atoms with van der Waals surface area (Å²) in [6.45, 7) is 7.39. The van der Waals surface area contributed by atoms with Crippen LogP contribution in [0.4, 0.5) is 0 Å². The summed E-state index contributed by atoms with van der Waals surface area (Å²) in [7, 11) is 1.89. The lowest BCUT2D eigenvalue weighted by Gasteiger charge is -2.15. The minimum absolute atomic E-state index is 0.0425. The molecule has 0 spiro atoms. The summed E-state index contributed by atoms with van der Waals surface area (Å²) in [4.78, 5) is 11.7. The van der Waals surface area contributed by atoms with Crippen molar-refractivity contribution >= 4 is 5.91 Å². The molecule has 0 aromatic carbocycles. The average molecular weight is 238 g/mol. The van der Waals surface area contributed by atoms with E-state index in [1.807, 2.05) is 20.0 Å². The van der Waals surface area contributed by atoms with Crippen LogP contribution in [0.1, 0.15) is 26.5 Å². The van der Waals surface area contributed by atoms with Crippen LogP contribution in [0, 0.1) is 5.92 Å². The minimum atomic E-state index is -0.191. The molecule has 0 aliphatic heterocycles. The molecule has 0 saturated carbocycles. The lowest BCUT2D eigenvalue weighted by Crippen LogP contribution is -2.43. The van der Waals surface area contributed by atoms with E-state index in [4.69, 9.17) is 0 Å². The van der Waals surface area contributed by atoms with Crippen molar-refractivity contribution in [3.8, 4) is 0 Å². The van der Waals surface area contributed by atoms with Gasteiger partial charge in [0.15, 0.2) is 0 Å². The molecule has 5 nitrogen and oxygen atoms in total. The summed E-state index contributed by atoms with van der Waals surface area (Å²) in [5.41, 5.74) is 1.06. The highest BCUT2D eigenvalue weighted by Gasteiger charge is 2.12. The van der Waals surface area contributed by atoms with Crippen LogP contribution >= 0.6 is 0 Å². The predicted octanol–water partition coefficient (Wildman–Crippen LogP) is 0.670. The maximum atomic E-state index is 11.7. The topological polar surface area (TPSA) is 59.0 Å². The van der Waals surface area contributed by atoms with Gasteiger partial charge >= 0.3 is 0 Å². The van der Waals surface area contributed by atoms with E-state index in [1.54, 1.807) is 10.9 Å². The zero-order valence-corrected chi connectivity index (χ0v) is 11.0. The fourth-order valence-electron chi connectivity index (χ4n) is 1.38. The molecule has 1 amide bonds. The Morgan fingerprint density at radius 2 is 2.18 bits per heavy atom. The van der Waals surface area contributed by atoms with Gasteiger partial charge in [-0.1, -0.05) is 13.8 Å². The molecule has 1 atom stereocenters. The number of carbonyl (C=O) groups is 1. The first-order valence-electron chi connectivity index (χ1n) is 5.98. The molecular formula is C12H22N4O. The Bertz CT molecular complexity index is 359. The third-order valence-electron chi connectivity index (χ3n) is 2.59. The van der Waals surface area contributed by atoms with Crippen molar-refractivity contribution in [2.75, 3.05) is 6.54 Å². The number of hydrogen-bond acceptors (Lipinski definition) is 3. The number of amides is 1. The fraction of sp³-hybridized carbons (Fsp3) is 0.667. The third kappa shape index (κ3) is 4.56. The van der Waals surface area contributed by atoms with Gasteiger partial charge in [-0.2, -0.15) is 5.10 Å². The second-order valence-corrected chi connectivity index (χ2v) is 4.69. The van der Waals surface area contributed by atoms with E-state index in [9.17, 15) is 4.79 Å². The van der Waals surface area contributed by atoms with E-state index in [-0.39, 0.29) is 11.9 Å². The van der Waals surface area contributed by atoms with Gasteiger partial charge in [-0.15, -0.1) is 0 Å². The van der Waals surface area contributed by atoms with Crippen molar-refractivity contribution in [2.45, 2.75) is 33.4 Å². The molecule has 1 aromatic heterocycles. The lowest BCUT2D eigenvalue weighted by atomic mass is 10.2. The first kappa shape index (κ1) is 13.7. The molecule has 1 rings (SSSR count). The highest BCUT2D eigenvalue weighted by Crippen LogP contribution is 1.96. The second kappa shape index (κ2) is 6.39.